The topological polar surface area (TPSA) is 9.23 Å². The van der Waals surface area contributed by atoms with E-state index < -0.39 is 0 Å². The summed E-state index contributed by atoms with van der Waals surface area (Å²) in [5, 5.41) is 0.638. The highest BCUT2D eigenvalue weighted by molar-refractivity contribution is 6.32. The summed E-state index contributed by atoms with van der Waals surface area (Å²) in [4.78, 5) is 0. The molecule has 0 aliphatic carbocycles. The molecule has 1 rings (SSSR count). The fourth-order valence-electron chi connectivity index (χ4n) is 0.991. The normalized spacial score (nSPS) is 10.2. The van der Waals surface area contributed by atoms with Crippen molar-refractivity contribution in [3.8, 4) is 5.75 Å². The summed E-state index contributed by atoms with van der Waals surface area (Å²) in [5.41, 5.74) is 1.01. The second-order valence-corrected chi connectivity index (χ2v) is 3.47. The largest absolute Gasteiger partial charge is 0.489 e. The van der Waals surface area contributed by atoms with Gasteiger partial charge in [0.25, 0.3) is 0 Å². The van der Waals surface area contributed by atoms with Gasteiger partial charge in [0, 0.05) is 0 Å². The molecular weight excluding hydrogens is 184 g/mol. The number of halogens is 1. The van der Waals surface area contributed by atoms with Crippen LogP contribution in [0.25, 0.3) is 6.08 Å². The highest BCUT2D eigenvalue weighted by atomic mass is 35.5. The molecule has 70 valence electrons. The van der Waals surface area contributed by atoms with Gasteiger partial charge in [-0.3, -0.25) is 0 Å². The minimum absolute atomic E-state index is 0.137. The van der Waals surface area contributed by atoms with Crippen molar-refractivity contribution in [2.24, 2.45) is 0 Å². The maximum atomic E-state index is 5.94. The van der Waals surface area contributed by atoms with Crippen LogP contribution >= 0.6 is 11.6 Å². The molecule has 0 bridgehead atoms. The van der Waals surface area contributed by atoms with Crippen molar-refractivity contribution >= 4 is 17.7 Å². The van der Waals surface area contributed by atoms with Crippen molar-refractivity contribution in [1.82, 2.24) is 0 Å². The molecule has 0 heterocycles. The molecule has 0 aromatic heterocycles. The standard InChI is InChI=1S/C11H13ClO/c1-4-9-5-6-10(12)11(7-9)13-8(2)3/h4-8H,1H2,2-3H3. The molecule has 0 spiro atoms. The molecule has 0 saturated heterocycles. The van der Waals surface area contributed by atoms with Gasteiger partial charge < -0.3 is 4.74 Å². The van der Waals surface area contributed by atoms with Crippen molar-refractivity contribution in [3.05, 3.63) is 35.4 Å². The molecule has 0 aliphatic rings. The summed E-state index contributed by atoms with van der Waals surface area (Å²) in [5.74, 6) is 0.717. The molecule has 0 fully saturated rings. The highest BCUT2D eigenvalue weighted by Crippen LogP contribution is 2.26. The summed E-state index contributed by atoms with van der Waals surface area (Å²) in [6.45, 7) is 7.62. The van der Waals surface area contributed by atoms with Crippen molar-refractivity contribution < 1.29 is 4.74 Å². The minimum atomic E-state index is 0.137. The van der Waals surface area contributed by atoms with Gasteiger partial charge in [0.15, 0.2) is 0 Å². The van der Waals surface area contributed by atoms with Crippen LogP contribution in [0.5, 0.6) is 5.75 Å². The van der Waals surface area contributed by atoms with Crippen LogP contribution in [-0.2, 0) is 0 Å². The monoisotopic (exact) mass is 196 g/mol. The Morgan fingerprint density at radius 1 is 1.46 bits per heavy atom. The molecule has 0 radical (unpaired) electrons. The fourth-order valence-corrected chi connectivity index (χ4v) is 1.15. The lowest BCUT2D eigenvalue weighted by Gasteiger charge is -2.11. The lowest BCUT2D eigenvalue weighted by molar-refractivity contribution is 0.242. The lowest BCUT2D eigenvalue weighted by atomic mass is 10.2. The van der Waals surface area contributed by atoms with Gasteiger partial charge in [0.2, 0.25) is 0 Å². The van der Waals surface area contributed by atoms with Crippen molar-refractivity contribution in [1.29, 1.82) is 0 Å². The third kappa shape index (κ3) is 2.78. The van der Waals surface area contributed by atoms with Crippen LogP contribution in [0.2, 0.25) is 5.02 Å². The first-order valence-electron chi connectivity index (χ1n) is 4.22. The molecule has 13 heavy (non-hydrogen) atoms. The first-order valence-corrected chi connectivity index (χ1v) is 4.60. The minimum Gasteiger partial charge on any atom is -0.489 e. The second kappa shape index (κ2) is 4.33. The Morgan fingerprint density at radius 3 is 2.69 bits per heavy atom. The van der Waals surface area contributed by atoms with E-state index in [1.807, 2.05) is 32.0 Å². The zero-order valence-electron chi connectivity index (χ0n) is 7.88. The first kappa shape index (κ1) is 10.1. The summed E-state index contributed by atoms with van der Waals surface area (Å²) in [6, 6.07) is 5.61. The summed E-state index contributed by atoms with van der Waals surface area (Å²) < 4.78 is 5.51. The summed E-state index contributed by atoms with van der Waals surface area (Å²) in [7, 11) is 0. The molecule has 0 N–H and O–H groups in total. The Kier molecular flexibility index (Phi) is 3.38. The van der Waals surface area contributed by atoms with E-state index in [-0.39, 0.29) is 6.10 Å². The van der Waals surface area contributed by atoms with Gasteiger partial charge >= 0.3 is 0 Å². The third-order valence-corrected chi connectivity index (χ3v) is 1.87. The average Bonchev–Trinajstić information content (AvgIpc) is 2.08. The van der Waals surface area contributed by atoms with Crippen molar-refractivity contribution in [2.45, 2.75) is 20.0 Å². The Hall–Kier alpha value is -0.950. The smallest absolute Gasteiger partial charge is 0.138 e. The van der Waals surface area contributed by atoms with Crippen LogP contribution in [0.1, 0.15) is 19.4 Å². The van der Waals surface area contributed by atoms with Crippen molar-refractivity contribution in [2.75, 3.05) is 0 Å². The van der Waals surface area contributed by atoms with Gasteiger partial charge in [0.1, 0.15) is 5.75 Å². The maximum absolute atomic E-state index is 5.94. The van der Waals surface area contributed by atoms with Gasteiger partial charge in [-0.15, -0.1) is 0 Å². The van der Waals surface area contributed by atoms with Gasteiger partial charge in [-0.25, -0.2) is 0 Å². The Bertz CT molecular complexity index is 305. The van der Waals surface area contributed by atoms with E-state index in [1.165, 1.54) is 0 Å². The van der Waals surface area contributed by atoms with Crippen LogP contribution in [0.15, 0.2) is 24.8 Å². The molecule has 0 aliphatic heterocycles. The van der Waals surface area contributed by atoms with Gasteiger partial charge in [0.05, 0.1) is 11.1 Å². The van der Waals surface area contributed by atoms with E-state index in [0.717, 1.165) is 5.56 Å². The molecule has 0 atom stereocenters. The van der Waals surface area contributed by atoms with Crippen LogP contribution in [0, 0.1) is 0 Å². The van der Waals surface area contributed by atoms with E-state index >= 15 is 0 Å². The maximum Gasteiger partial charge on any atom is 0.138 e. The Balaban J connectivity index is 2.96. The van der Waals surface area contributed by atoms with E-state index in [0.29, 0.717) is 10.8 Å². The van der Waals surface area contributed by atoms with Gasteiger partial charge in [-0.2, -0.15) is 0 Å². The Morgan fingerprint density at radius 2 is 2.15 bits per heavy atom. The summed E-state index contributed by atoms with van der Waals surface area (Å²) in [6.07, 6.45) is 1.90. The predicted octanol–water partition coefficient (Wildman–Crippen LogP) is 3.77. The summed E-state index contributed by atoms with van der Waals surface area (Å²) >= 11 is 5.94. The van der Waals surface area contributed by atoms with Gasteiger partial charge in [-0.05, 0) is 31.5 Å². The molecule has 0 unspecified atom stereocenters. The van der Waals surface area contributed by atoms with E-state index in [9.17, 15) is 0 Å². The van der Waals surface area contributed by atoms with E-state index in [1.54, 1.807) is 6.08 Å². The third-order valence-electron chi connectivity index (χ3n) is 1.55. The van der Waals surface area contributed by atoms with Crippen LogP contribution in [0.3, 0.4) is 0 Å². The fraction of sp³-hybridized carbons (Fsp3) is 0.273. The predicted molar refractivity (Wildman–Crippen MR) is 57.3 cm³/mol. The van der Waals surface area contributed by atoms with Crippen LogP contribution in [-0.4, -0.2) is 6.10 Å². The first-order chi connectivity index (χ1) is 6.13. The molecule has 1 aromatic rings. The number of rotatable bonds is 3. The number of hydrogen-bond acceptors (Lipinski definition) is 1. The zero-order valence-corrected chi connectivity index (χ0v) is 8.64. The lowest BCUT2D eigenvalue weighted by Crippen LogP contribution is -2.05. The molecule has 1 aromatic carbocycles. The molecular formula is C11H13ClO. The quantitative estimate of drug-likeness (QED) is 0.715. The van der Waals surface area contributed by atoms with Crippen LogP contribution < -0.4 is 4.74 Å². The highest BCUT2D eigenvalue weighted by Gasteiger charge is 2.03. The van der Waals surface area contributed by atoms with Gasteiger partial charge in [-0.1, -0.05) is 30.3 Å². The number of benzene rings is 1. The van der Waals surface area contributed by atoms with E-state index in [2.05, 4.69) is 6.58 Å². The van der Waals surface area contributed by atoms with Crippen molar-refractivity contribution in [3.63, 3.8) is 0 Å². The van der Waals surface area contributed by atoms with E-state index in [4.69, 9.17) is 16.3 Å². The molecule has 0 saturated carbocycles. The SMILES string of the molecule is C=Cc1ccc(Cl)c(OC(C)C)c1. The molecule has 0 amide bonds. The number of hydrogen-bond donors (Lipinski definition) is 0. The number of ether oxygens (including phenoxy) is 1. The second-order valence-electron chi connectivity index (χ2n) is 3.06. The zero-order chi connectivity index (χ0) is 9.84. The average molecular weight is 197 g/mol. The van der Waals surface area contributed by atoms with Crippen LogP contribution in [0.4, 0.5) is 0 Å². The molecule has 1 nitrogen and oxygen atoms in total. The molecule has 2 heteroatoms. The Labute approximate surface area is 84.0 Å².